The molecule has 0 aliphatic heterocycles. The van der Waals surface area contributed by atoms with Crippen LogP contribution < -0.4 is 10.6 Å². The molecule has 3 saturated carbocycles. The van der Waals surface area contributed by atoms with E-state index in [0.29, 0.717) is 19.5 Å². The largest absolute Gasteiger partial charge is 0.355 e. The van der Waals surface area contributed by atoms with Gasteiger partial charge in [-0.05, 0) is 80.3 Å². The van der Waals surface area contributed by atoms with E-state index in [0.717, 1.165) is 56.1 Å². The predicted molar refractivity (Wildman–Crippen MR) is 126 cm³/mol. The second-order valence-electron chi connectivity index (χ2n) is 10.6. The fraction of sp³-hybridized carbons (Fsp3) is 0.500. The highest BCUT2D eigenvalue weighted by molar-refractivity contribution is 5.82. The number of carbonyl (C=O) groups excluding carboxylic acids is 2. The Bertz CT molecular complexity index is 960. The molecular formula is C28H32F2N2O2. The maximum Gasteiger partial charge on any atom is 0.223 e. The topological polar surface area (TPSA) is 58.2 Å². The minimum Gasteiger partial charge on any atom is -0.355 e. The zero-order valence-electron chi connectivity index (χ0n) is 19.4. The smallest absolute Gasteiger partial charge is 0.223 e. The van der Waals surface area contributed by atoms with Crippen molar-refractivity contribution >= 4 is 11.8 Å². The molecule has 0 spiro atoms. The molecule has 3 fully saturated rings. The number of halogens is 2. The normalized spacial score (nSPS) is 24.2. The lowest BCUT2D eigenvalue weighted by atomic mass is 9.80. The highest BCUT2D eigenvalue weighted by Crippen LogP contribution is 2.48. The van der Waals surface area contributed by atoms with E-state index in [4.69, 9.17) is 0 Å². The van der Waals surface area contributed by atoms with Gasteiger partial charge in [-0.3, -0.25) is 9.59 Å². The van der Waals surface area contributed by atoms with Crippen molar-refractivity contribution < 1.29 is 18.4 Å². The van der Waals surface area contributed by atoms with Gasteiger partial charge in [-0.1, -0.05) is 30.7 Å². The van der Waals surface area contributed by atoms with Crippen LogP contribution >= 0.6 is 0 Å². The van der Waals surface area contributed by atoms with Crippen LogP contribution in [0.4, 0.5) is 8.78 Å². The first-order valence-corrected chi connectivity index (χ1v) is 12.5. The van der Waals surface area contributed by atoms with Crippen molar-refractivity contribution in [2.75, 3.05) is 13.1 Å². The summed E-state index contributed by atoms with van der Waals surface area (Å²) < 4.78 is 26.5. The number of nitrogens with one attached hydrogen (secondary N) is 2. The van der Waals surface area contributed by atoms with Crippen molar-refractivity contribution in [3.8, 4) is 0 Å². The third-order valence-corrected chi connectivity index (χ3v) is 8.24. The summed E-state index contributed by atoms with van der Waals surface area (Å²) in [5, 5.41) is 6.25. The first-order chi connectivity index (χ1) is 16.4. The second kappa shape index (κ2) is 9.12. The molecule has 2 N–H and O–H groups in total. The van der Waals surface area contributed by atoms with Crippen LogP contribution in [0.3, 0.4) is 0 Å². The second-order valence-corrected chi connectivity index (χ2v) is 10.6. The van der Waals surface area contributed by atoms with Crippen molar-refractivity contribution in [2.45, 2.75) is 62.2 Å². The summed E-state index contributed by atoms with van der Waals surface area (Å²) in [7, 11) is 0. The minimum atomic E-state index is -0.250. The summed E-state index contributed by atoms with van der Waals surface area (Å²) in [6.07, 6.45) is 7.01. The molecule has 2 unspecified atom stereocenters. The fourth-order valence-corrected chi connectivity index (χ4v) is 5.51. The lowest BCUT2D eigenvalue weighted by molar-refractivity contribution is -0.130. The average molecular weight is 467 g/mol. The molecule has 34 heavy (non-hydrogen) atoms. The molecular weight excluding hydrogens is 434 g/mol. The summed E-state index contributed by atoms with van der Waals surface area (Å²) in [6.45, 7) is 1.12. The lowest BCUT2D eigenvalue weighted by Crippen LogP contribution is -2.42. The van der Waals surface area contributed by atoms with Crippen molar-refractivity contribution in [3.05, 3.63) is 71.3 Å². The van der Waals surface area contributed by atoms with Crippen molar-refractivity contribution in [3.63, 3.8) is 0 Å². The average Bonchev–Trinajstić information content (AvgIpc) is 3.78. The van der Waals surface area contributed by atoms with Gasteiger partial charge in [0.2, 0.25) is 11.8 Å². The van der Waals surface area contributed by atoms with Gasteiger partial charge in [0.05, 0.1) is 0 Å². The van der Waals surface area contributed by atoms with Gasteiger partial charge in [0.25, 0.3) is 0 Å². The molecule has 3 aliphatic rings. The van der Waals surface area contributed by atoms with Crippen molar-refractivity contribution in [1.29, 1.82) is 0 Å². The molecule has 0 saturated heterocycles. The zero-order chi connectivity index (χ0) is 23.8. The molecule has 2 aromatic rings. The minimum absolute atomic E-state index is 0.0239. The molecule has 0 aromatic heterocycles. The van der Waals surface area contributed by atoms with Gasteiger partial charge in [-0.25, -0.2) is 8.78 Å². The summed E-state index contributed by atoms with van der Waals surface area (Å²) >= 11 is 0. The molecule has 0 radical (unpaired) electrons. The summed E-state index contributed by atoms with van der Waals surface area (Å²) in [5.41, 5.74) is 2.00. The van der Waals surface area contributed by atoms with Gasteiger partial charge >= 0.3 is 0 Å². The third kappa shape index (κ3) is 4.86. The van der Waals surface area contributed by atoms with E-state index in [1.54, 1.807) is 0 Å². The molecule has 2 aromatic carbocycles. The number of amides is 2. The maximum absolute atomic E-state index is 13.3. The van der Waals surface area contributed by atoms with Crippen LogP contribution in [-0.4, -0.2) is 24.9 Å². The number of hydrogen-bond donors (Lipinski definition) is 2. The van der Waals surface area contributed by atoms with Gasteiger partial charge < -0.3 is 10.6 Å². The number of rotatable bonds is 8. The molecule has 3 aliphatic carbocycles. The fourth-order valence-electron chi connectivity index (χ4n) is 5.51. The Morgan fingerprint density at radius 1 is 0.706 bits per heavy atom. The van der Waals surface area contributed by atoms with Crippen molar-refractivity contribution in [2.24, 2.45) is 11.8 Å². The number of carbonyl (C=O) groups is 2. The number of benzene rings is 2. The molecule has 0 heterocycles. The molecule has 6 heteroatoms. The van der Waals surface area contributed by atoms with Crippen LogP contribution in [0.2, 0.25) is 0 Å². The summed E-state index contributed by atoms with van der Waals surface area (Å²) in [5.74, 6) is -0.756. The quantitative estimate of drug-likeness (QED) is 0.589. The Kier molecular flexibility index (Phi) is 6.17. The van der Waals surface area contributed by atoms with Gasteiger partial charge in [0.15, 0.2) is 0 Å². The van der Waals surface area contributed by atoms with Crippen LogP contribution in [0, 0.1) is 23.5 Å². The summed E-state index contributed by atoms with van der Waals surface area (Å²) in [6, 6.07) is 13.2. The van der Waals surface area contributed by atoms with E-state index < -0.39 is 0 Å². The lowest BCUT2D eigenvalue weighted by Gasteiger charge is -2.29. The highest BCUT2D eigenvalue weighted by atomic mass is 19.1. The van der Waals surface area contributed by atoms with Gasteiger partial charge in [0, 0.05) is 35.8 Å². The van der Waals surface area contributed by atoms with Crippen LogP contribution in [0.1, 0.15) is 62.5 Å². The van der Waals surface area contributed by atoms with Gasteiger partial charge in [0.1, 0.15) is 11.6 Å². The van der Waals surface area contributed by atoms with E-state index >= 15 is 0 Å². The van der Waals surface area contributed by atoms with E-state index in [2.05, 4.69) is 10.6 Å². The van der Waals surface area contributed by atoms with E-state index in [1.165, 1.54) is 24.3 Å². The Balaban J connectivity index is 1.12. The van der Waals surface area contributed by atoms with Crippen LogP contribution in [0.25, 0.3) is 0 Å². The predicted octanol–water partition coefficient (Wildman–Crippen LogP) is 4.77. The third-order valence-electron chi connectivity index (χ3n) is 8.24. The highest BCUT2D eigenvalue weighted by Gasteiger charge is 2.46. The first kappa shape index (κ1) is 23.0. The van der Waals surface area contributed by atoms with Crippen LogP contribution in [-0.2, 0) is 20.4 Å². The van der Waals surface area contributed by atoms with E-state index in [-0.39, 0.29) is 46.1 Å². The van der Waals surface area contributed by atoms with Gasteiger partial charge in [-0.2, -0.15) is 0 Å². The maximum atomic E-state index is 13.3. The molecule has 180 valence electrons. The Hall–Kier alpha value is -2.76. The molecule has 4 nitrogen and oxygen atoms in total. The first-order valence-electron chi connectivity index (χ1n) is 12.5. The Morgan fingerprint density at radius 2 is 1.09 bits per heavy atom. The number of hydrogen-bond acceptors (Lipinski definition) is 2. The zero-order valence-corrected chi connectivity index (χ0v) is 19.4. The molecule has 5 rings (SSSR count). The Morgan fingerprint density at radius 3 is 1.44 bits per heavy atom. The monoisotopic (exact) mass is 466 g/mol. The van der Waals surface area contributed by atoms with Crippen molar-refractivity contribution in [1.82, 2.24) is 10.6 Å². The van der Waals surface area contributed by atoms with Crippen LogP contribution in [0.5, 0.6) is 0 Å². The van der Waals surface area contributed by atoms with E-state index in [9.17, 15) is 18.4 Å². The van der Waals surface area contributed by atoms with Crippen LogP contribution in [0.15, 0.2) is 48.5 Å². The molecule has 2 amide bonds. The Labute approximate surface area is 199 Å². The van der Waals surface area contributed by atoms with Gasteiger partial charge in [-0.15, -0.1) is 0 Å². The standard InChI is InChI=1S/C28H32F2N2O2/c29-23-8-4-21(5-9-23)27(12-13-27)17-31-25(33)19-2-1-3-20(16-19)26(34)32-18-28(14-15-28)22-6-10-24(30)11-7-22/h4-11,19-20H,1-3,12-18H2,(H,31,33)(H,32,34). The molecule has 2 atom stereocenters. The summed E-state index contributed by atoms with van der Waals surface area (Å²) in [4.78, 5) is 25.9. The SMILES string of the molecule is O=C(NCC1(c2ccc(F)cc2)CC1)C1CCCC(C(=O)NCC2(c3ccc(F)cc3)CC2)C1. The van der Waals surface area contributed by atoms with E-state index in [1.807, 2.05) is 24.3 Å². The molecule has 0 bridgehead atoms.